The quantitative estimate of drug-likeness (QED) is 0.826. The van der Waals surface area contributed by atoms with Crippen LogP contribution in [0, 0.1) is 0 Å². The van der Waals surface area contributed by atoms with E-state index in [4.69, 9.17) is 4.52 Å². The van der Waals surface area contributed by atoms with Gasteiger partial charge in [-0.15, -0.1) is 0 Å². The van der Waals surface area contributed by atoms with Crippen LogP contribution in [0.3, 0.4) is 0 Å². The molecular formula is C18H22N4O3. The highest BCUT2D eigenvalue weighted by atomic mass is 16.5. The highest BCUT2D eigenvalue weighted by Gasteiger charge is 2.21. The average molecular weight is 342 g/mol. The summed E-state index contributed by atoms with van der Waals surface area (Å²) < 4.78 is 5.19. The minimum Gasteiger partial charge on any atom is -0.355 e. The highest BCUT2D eigenvalue weighted by Crippen LogP contribution is 2.19. The summed E-state index contributed by atoms with van der Waals surface area (Å²) in [6.45, 7) is 1.59. The molecule has 1 aliphatic rings. The Balaban J connectivity index is 1.46. The van der Waals surface area contributed by atoms with E-state index in [-0.39, 0.29) is 18.1 Å². The van der Waals surface area contributed by atoms with Crippen molar-refractivity contribution in [1.29, 1.82) is 0 Å². The monoisotopic (exact) mass is 342 g/mol. The second-order valence-electron chi connectivity index (χ2n) is 6.21. The predicted octanol–water partition coefficient (Wildman–Crippen LogP) is 1.28. The predicted molar refractivity (Wildman–Crippen MR) is 92.9 cm³/mol. The maximum atomic E-state index is 12.1. The van der Waals surface area contributed by atoms with E-state index in [1.165, 1.54) is 0 Å². The van der Waals surface area contributed by atoms with Crippen LogP contribution in [0.2, 0.25) is 0 Å². The van der Waals surface area contributed by atoms with Crippen molar-refractivity contribution >= 4 is 11.8 Å². The third-order valence-electron chi connectivity index (χ3n) is 4.42. The molecule has 1 aliphatic heterocycles. The van der Waals surface area contributed by atoms with Crippen LogP contribution in [0.15, 0.2) is 40.9 Å². The first-order valence-electron chi connectivity index (χ1n) is 8.41. The van der Waals surface area contributed by atoms with Crippen LogP contribution in [-0.2, 0) is 4.79 Å². The lowest BCUT2D eigenvalue weighted by Crippen LogP contribution is -2.42. The molecule has 1 unspecified atom stereocenters. The third-order valence-corrected chi connectivity index (χ3v) is 4.42. The normalized spacial score (nSPS) is 17.4. The molecule has 25 heavy (non-hydrogen) atoms. The largest absolute Gasteiger partial charge is 0.355 e. The van der Waals surface area contributed by atoms with Crippen LogP contribution in [0.1, 0.15) is 23.3 Å². The van der Waals surface area contributed by atoms with Gasteiger partial charge in [0.25, 0.3) is 5.91 Å². The molecule has 1 aromatic heterocycles. The molecule has 0 radical (unpaired) electrons. The molecule has 3 rings (SSSR count). The average Bonchev–Trinajstić information content (AvgIpc) is 3.28. The van der Waals surface area contributed by atoms with Crippen LogP contribution >= 0.6 is 0 Å². The minimum absolute atomic E-state index is 0.0806. The first-order valence-corrected chi connectivity index (χ1v) is 8.41. The molecule has 0 aliphatic carbocycles. The standard InChI is InChI=1S/C18H22N4O3/c1-22-9-5-8-14(22)11-19-17(23)12-20-18(24)15-10-16(25-21-15)13-6-3-2-4-7-13/h2-4,6-7,10,14H,5,8-9,11-12H2,1H3,(H,19,23)(H,20,24). The molecule has 7 nitrogen and oxygen atoms in total. The number of carbonyl (C=O) groups is 2. The van der Waals surface area contributed by atoms with Crippen molar-refractivity contribution in [3.63, 3.8) is 0 Å². The third kappa shape index (κ3) is 4.45. The van der Waals surface area contributed by atoms with Gasteiger partial charge in [-0.3, -0.25) is 9.59 Å². The van der Waals surface area contributed by atoms with Crippen LogP contribution in [0.5, 0.6) is 0 Å². The van der Waals surface area contributed by atoms with Crippen LogP contribution in [0.4, 0.5) is 0 Å². The molecular weight excluding hydrogens is 320 g/mol. The summed E-state index contributed by atoms with van der Waals surface area (Å²) in [5.74, 6) is -0.126. The topological polar surface area (TPSA) is 87.5 Å². The first kappa shape index (κ1) is 17.2. The second-order valence-corrected chi connectivity index (χ2v) is 6.21. The van der Waals surface area contributed by atoms with E-state index in [2.05, 4.69) is 27.7 Å². The van der Waals surface area contributed by atoms with Gasteiger partial charge >= 0.3 is 0 Å². The van der Waals surface area contributed by atoms with Gasteiger partial charge in [0.15, 0.2) is 11.5 Å². The highest BCUT2D eigenvalue weighted by molar-refractivity contribution is 5.95. The molecule has 2 N–H and O–H groups in total. The zero-order chi connectivity index (χ0) is 17.6. The Morgan fingerprint density at radius 3 is 2.80 bits per heavy atom. The number of hydrogen-bond acceptors (Lipinski definition) is 5. The summed E-state index contributed by atoms with van der Waals surface area (Å²) in [6, 6.07) is 11.3. The summed E-state index contributed by atoms with van der Waals surface area (Å²) >= 11 is 0. The maximum absolute atomic E-state index is 12.1. The zero-order valence-corrected chi connectivity index (χ0v) is 14.2. The van der Waals surface area contributed by atoms with Crippen LogP contribution < -0.4 is 10.6 Å². The fourth-order valence-electron chi connectivity index (χ4n) is 2.90. The SMILES string of the molecule is CN1CCCC1CNC(=O)CNC(=O)c1cc(-c2ccccc2)on1. The van der Waals surface area contributed by atoms with Gasteiger partial charge in [0.2, 0.25) is 5.91 Å². The Hall–Kier alpha value is -2.67. The second kappa shape index (κ2) is 7.94. The fraction of sp³-hybridized carbons (Fsp3) is 0.389. The van der Waals surface area contributed by atoms with Crippen molar-refractivity contribution in [2.45, 2.75) is 18.9 Å². The van der Waals surface area contributed by atoms with Gasteiger partial charge in [0.1, 0.15) is 0 Å². The van der Waals surface area contributed by atoms with E-state index in [9.17, 15) is 9.59 Å². The molecule has 2 heterocycles. The van der Waals surface area contributed by atoms with Crippen LogP contribution in [0.25, 0.3) is 11.3 Å². The van der Waals surface area contributed by atoms with Gasteiger partial charge in [-0.05, 0) is 26.4 Å². The van der Waals surface area contributed by atoms with Gasteiger partial charge < -0.3 is 20.1 Å². The number of nitrogens with one attached hydrogen (secondary N) is 2. The van der Waals surface area contributed by atoms with Crippen molar-refractivity contribution in [1.82, 2.24) is 20.7 Å². The molecule has 1 saturated heterocycles. The molecule has 1 fully saturated rings. The number of benzene rings is 1. The summed E-state index contributed by atoms with van der Waals surface area (Å²) in [4.78, 5) is 26.2. The van der Waals surface area contributed by atoms with E-state index in [0.29, 0.717) is 18.3 Å². The fourth-order valence-corrected chi connectivity index (χ4v) is 2.90. The lowest BCUT2D eigenvalue weighted by Gasteiger charge is -2.19. The smallest absolute Gasteiger partial charge is 0.273 e. The molecule has 132 valence electrons. The van der Waals surface area contributed by atoms with Gasteiger partial charge in [-0.25, -0.2) is 0 Å². The number of likely N-dealkylation sites (tertiary alicyclic amines) is 1. The summed E-state index contributed by atoms with van der Waals surface area (Å²) in [6.07, 6.45) is 2.24. The van der Waals surface area contributed by atoms with Gasteiger partial charge in [0, 0.05) is 24.2 Å². The number of likely N-dealkylation sites (N-methyl/N-ethyl adjacent to an activating group) is 1. The van der Waals surface area contributed by atoms with Gasteiger partial charge in [0.05, 0.1) is 6.54 Å². The molecule has 0 bridgehead atoms. The zero-order valence-electron chi connectivity index (χ0n) is 14.2. The minimum atomic E-state index is -0.431. The maximum Gasteiger partial charge on any atom is 0.273 e. The number of hydrogen-bond donors (Lipinski definition) is 2. The molecule has 7 heteroatoms. The number of aromatic nitrogens is 1. The molecule has 1 atom stereocenters. The molecule has 0 spiro atoms. The molecule has 0 saturated carbocycles. The summed E-state index contributed by atoms with van der Waals surface area (Å²) in [5.41, 5.74) is 0.995. The molecule has 2 aromatic rings. The number of rotatable bonds is 6. The van der Waals surface area contributed by atoms with Crippen molar-refractivity contribution in [3.05, 3.63) is 42.1 Å². The van der Waals surface area contributed by atoms with Crippen molar-refractivity contribution in [2.75, 3.05) is 26.7 Å². The van der Waals surface area contributed by atoms with E-state index in [0.717, 1.165) is 24.9 Å². The van der Waals surface area contributed by atoms with E-state index >= 15 is 0 Å². The Morgan fingerprint density at radius 2 is 2.08 bits per heavy atom. The molecule has 2 amide bonds. The van der Waals surface area contributed by atoms with E-state index in [1.54, 1.807) is 6.07 Å². The summed E-state index contributed by atoms with van der Waals surface area (Å²) in [5, 5.41) is 9.18. The van der Waals surface area contributed by atoms with Gasteiger partial charge in [-0.1, -0.05) is 35.5 Å². The van der Waals surface area contributed by atoms with Crippen LogP contribution in [-0.4, -0.2) is 54.6 Å². The Kier molecular flexibility index (Phi) is 5.45. The Labute approximate surface area is 146 Å². The number of carbonyl (C=O) groups excluding carboxylic acids is 2. The van der Waals surface area contributed by atoms with Crippen molar-refractivity contribution < 1.29 is 14.1 Å². The first-order chi connectivity index (χ1) is 12.1. The Bertz CT molecular complexity index is 729. The van der Waals surface area contributed by atoms with Crippen molar-refractivity contribution in [3.8, 4) is 11.3 Å². The summed E-state index contributed by atoms with van der Waals surface area (Å²) in [7, 11) is 2.06. The van der Waals surface area contributed by atoms with Gasteiger partial charge in [-0.2, -0.15) is 0 Å². The van der Waals surface area contributed by atoms with Crippen molar-refractivity contribution in [2.24, 2.45) is 0 Å². The number of amides is 2. The lowest BCUT2D eigenvalue weighted by molar-refractivity contribution is -0.120. The van der Waals surface area contributed by atoms with E-state index in [1.807, 2.05) is 30.3 Å². The van der Waals surface area contributed by atoms with E-state index < -0.39 is 5.91 Å². The lowest BCUT2D eigenvalue weighted by atomic mass is 10.1. The Morgan fingerprint density at radius 1 is 1.28 bits per heavy atom. The molecule has 1 aromatic carbocycles. The number of nitrogens with zero attached hydrogens (tertiary/aromatic N) is 2.